The van der Waals surface area contributed by atoms with Gasteiger partial charge < -0.3 is 26.0 Å². The zero-order valence-corrected chi connectivity index (χ0v) is 23.6. The minimum atomic E-state index is -2.83. The molecule has 0 radical (unpaired) electrons. The Morgan fingerprint density at radius 3 is 2.41 bits per heavy atom. The Kier molecular flexibility index (Phi) is 7.14. The number of nitrogens with zero attached hydrogens (tertiary/aromatic N) is 3. The first-order valence-corrected chi connectivity index (χ1v) is 13.7. The fourth-order valence-electron chi connectivity index (χ4n) is 7.31. The van der Waals surface area contributed by atoms with Crippen LogP contribution in [0, 0.1) is 17.8 Å². The number of nitrogens with two attached hydrogens (primary N) is 1. The lowest BCUT2D eigenvalue weighted by atomic mass is 9.59. The number of rotatable bonds is 5. The molecule has 3 aliphatic carbocycles. The molecule has 41 heavy (non-hydrogen) atoms. The molecule has 5 N–H and O–H groups in total. The standard InChI is InChI=1S/C29H36F2N4O6/c1-33(2)17-10-14(11-35-7-5-6-29(30,31)12-35)23(36)19-15(17)8-13-9-16-20(25(38)18(13)24(19)37)26(39)21(28(32)41)27(40)22(16)34(3)4/h10,13,16,20,22,36-37,40H,5-9,11-12H2,1-4H3,(H2,32,41)/t13?,16?,20?,22-/m0/s1. The van der Waals surface area contributed by atoms with Gasteiger partial charge in [0.1, 0.15) is 22.8 Å². The molecule has 1 aliphatic heterocycles. The molecule has 0 aromatic heterocycles. The van der Waals surface area contributed by atoms with Crippen LogP contribution < -0.4 is 10.6 Å². The van der Waals surface area contributed by atoms with Crippen LogP contribution in [0.1, 0.15) is 36.0 Å². The average molecular weight is 575 g/mol. The Balaban J connectivity index is 1.62. The lowest BCUT2D eigenvalue weighted by Gasteiger charge is -2.46. The number of benzene rings is 1. The van der Waals surface area contributed by atoms with Gasteiger partial charge in [-0.2, -0.15) is 0 Å². The van der Waals surface area contributed by atoms with Crippen LogP contribution >= 0.6 is 0 Å². The maximum Gasteiger partial charge on any atom is 0.260 e. The van der Waals surface area contributed by atoms with Crippen molar-refractivity contribution >= 4 is 28.9 Å². The number of hydrogen-bond acceptors (Lipinski definition) is 9. The third-order valence-corrected chi connectivity index (χ3v) is 8.97. The lowest BCUT2D eigenvalue weighted by molar-refractivity contribution is -0.136. The van der Waals surface area contributed by atoms with Gasteiger partial charge in [-0.05, 0) is 63.4 Å². The summed E-state index contributed by atoms with van der Waals surface area (Å²) >= 11 is 0. The van der Waals surface area contributed by atoms with Gasteiger partial charge in [0.25, 0.3) is 11.8 Å². The highest BCUT2D eigenvalue weighted by Gasteiger charge is 2.56. The first-order valence-electron chi connectivity index (χ1n) is 13.7. The molecule has 1 saturated heterocycles. The van der Waals surface area contributed by atoms with Crippen molar-refractivity contribution in [3.8, 4) is 5.75 Å². The fraction of sp³-hybridized carbons (Fsp3) is 0.552. The molecule has 1 saturated carbocycles. The largest absolute Gasteiger partial charge is 0.510 e. The summed E-state index contributed by atoms with van der Waals surface area (Å²) < 4.78 is 28.2. The Morgan fingerprint density at radius 2 is 1.83 bits per heavy atom. The van der Waals surface area contributed by atoms with E-state index < -0.39 is 70.8 Å². The smallest absolute Gasteiger partial charge is 0.260 e. The van der Waals surface area contributed by atoms with Gasteiger partial charge >= 0.3 is 0 Å². The van der Waals surface area contributed by atoms with Crippen molar-refractivity contribution in [1.29, 1.82) is 0 Å². The molecule has 12 heteroatoms. The fourth-order valence-corrected chi connectivity index (χ4v) is 7.31. The normalized spacial score (nSPS) is 28.0. The molecule has 3 unspecified atom stereocenters. The Morgan fingerprint density at radius 1 is 1.15 bits per heavy atom. The highest BCUT2D eigenvalue weighted by atomic mass is 19.3. The monoisotopic (exact) mass is 574 g/mol. The number of halogens is 2. The Labute approximate surface area is 236 Å². The topological polar surface area (TPSA) is 148 Å². The highest BCUT2D eigenvalue weighted by molar-refractivity contribution is 6.28. The van der Waals surface area contributed by atoms with E-state index in [0.29, 0.717) is 29.8 Å². The predicted octanol–water partition coefficient (Wildman–Crippen LogP) is 2.15. The van der Waals surface area contributed by atoms with Crippen molar-refractivity contribution < 1.29 is 38.5 Å². The Bertz CT molecular complexity index is 1400. The first-order chi connectivity index (χ1) is 19.1. The number of fused-ring (bicyclic) bond motifs is 3. The maximum absolute atomic E-state index is 14.1. The van der Waals surface area contributed by atoms with Crippen molar-refractivity contribution in [2.45, 2.75) is 44.2 Å². The van der Waals surface area contributed by atoms with E-state index in [2.05, 4.69) is 0 Å². The van der Waals surface area contributed by atoms with Crippen LogP contribution in [0.5, 0.6) is 5.75 Å². The van der Waals surface area contributed by atoms with E-state index in [9.17, 15) is 38.5 Å². The van der Waals surface area contributed by atoms with Crippen molar-refractivity contribution in [3.05, 3.63) is 39.7 Å². The first kappa shape index (κ1) is 29.0. The number of phenols is 1. The number of piperidine rings is 1. The van der Waals surface area contributed by atoms with Crippen LogP contribution in [0.15, 0.2) is 23.0 Å². The van der Waals surface area contributed by atoms with Crippen LogP contribution in [-0.2, 0) is 27.3 Å². The minimum Gasteiger partial charge on any atom is -0.510 e. The molecule has 5 rings (SSSR count). The van der Waals surface area contributed by atoms with E-state index in [1.807, 2.05) is 0 Å². The number of phenolic OH excluding ortho intramolecular Hbond substituents is 1. The van der Waals surface area contributed by atoms with Crippen LogP contribution in [0.2, 0.25) is 0 Å². The number of alkyl halides is 2. The molecule has 4 aliphatic rings. The number of anilines is 1. The number of aliphatic hydroxyl groups excluding tert-OH is 2. The van der Waals surface area contributed by atoms with E-state index in [1.54, 1.807) is 49.0 Å². The zero-order valence-electron chi connectivity index (χ0n) is 23.6. The minimum absolute atomic E-state index is 0.0171. The highest BCUT2D eigenvalue weighted by Crippen LogP contribution is 2.52. The van der Waals surface area contributed by atoms with Crippen molar-refractivity contribution in [1.82, 2.24) is 9.80 Å². The molecule has 1 amide bonds. The summed E-state index contributed by atoms with van der Waals surface area (Å²) in [4.78, 5) is 44.5. The summed E-state index contributed by atoms with van der Waals surface area (Å²) in [5.41, 5.74) is 6.43. The maximum atomic E-state index is 14.1. The molecule has 2 fully saturated rings. The van der Waals surface area contributed by atoms with Crippen molar-refractivity contribution in [2.75, 3.05) is 46.2 Å². The van der Waals surface area contributed by atoms with Gasteiger partial charge in [0.05, 0.1) is 24.1 Å². The molecule has 1 aromatic carbocycles. The molecule has 10 nitrogen and oxygen atoms in total. The van der Waals surface area contributed by atoms with Gasteiger partial charge in [-0.3, -0.25) is 24.2 Å². The number of primary amides is 1. The molecule has 1 aromatic rings. The third kappa shape index (κ3) is 4.66. The number of likely N-dealkylation sites (N-methyl/N-ethyl adjacent to an activating group) is 1. The van der Waals surface area contributed by atoms with E-state index in [4.69, 9.17) is 5.73 Å². The zero-order chi connectivity index (χ0) is 30.1. The summed E-state index contributed by atoms with van der Waals surface area (Å²) in [6.45, 7) is 0.00232. The summed E-state index contributed by atoms with van der Waals surface area (Å²) in [5.74, 6) is -9.30. The number of aliphatic hydroxyl groups is 2. The predicted molar refractivity (Wildman–Crippen MR) is 147 cm³/mol. The van der Waals surface area contributed by atoms with Gasteiger partial charge in [0.15, 0.2) is 11.6 Å². The number of ketones is 2. The summed E-state index contributed by atoms with van der Waals surface area (Å²) in [7, 11) is 6.91. The Hall–Kier alpha value is -3.51. The second-order valence-electron chi connectivity index (χ2n) is 12.1. The molecule has 4 atom stereocenters. The molecular formula is C29H36F2N4O6. The van der Waals surface area contributed by atoms with E-state index in [0.717, 1.165) is 0 Å². The van der Waals surface area contributed by atoms with Gasteiger partial charge in [-0.1, -0.05) is 0 Å². The molecular weight excluding hydrogens is 538 g/mol. The van der Waals surface area contributed by atoms with Crippen LogP contribution in [0.4, 0.5) is 14.5 Å². The third-order valence-electron chi connectivity index (χ3n) is 8.97. The van der Waals surface area contributed by atoms with Gasteiger partial charge in [-0.15, -0.1) is 0 Å². The number of amides is 1. The van der Waals surface area contributed by atoms with Crippen molar-refractivity contribution in [3.63, 3.8) is 0 Å². The van der Waals surface area contributed by atoms with Gasteiger partial charge in [-0.25, -0.2) is 8.78 Å². The SMILES string of the molecule is CN(C)c1cc(CN2CCCC(F)(F)C2)c(O)c2c1CC1CC3C(C(=O)C(C(N)=O)=C(O)[C@H]3N(C)C)C(=O)C1=C2O. The van der Waals surface area contributed by atoms with Crippen LogP contribution in [0.3, 0.4) is 0 Å². The molecule has 0 bridgehead atoms. The van der Waals surface area contributed by atoms with E-state index in [-0.39, 0.29) is 42.7 Å². The molecule has 222 valence electrons. The summed E-state index contributed by atoms with van der Waals surface area (Å²) in [5, 5.41) is 33.8. The number of carbonyl (C=O) groups is 3. The quantitative estimate of drug-likeness (QED) is 0.307. The van der Waals surface area contributed by atoms with E-state index in [1.165, 1.54) is 0 Å². The summed E-state index contributed by atoms with van der Waals surface area (Å²) in [6, 6.07) is 0.911. The number of likely N-dealkylation sites (tertiary alicyclic amines) is 1. The second kappa shape index (κ2) is 10.1. The number of carbonyl (C=O) groups excluding carboxylic acids is 3. The average Bonchev–Trinajstić information content (AvgIpc) is 2.84. The van der Waals surface area contributed by atoms with Gasteiger partial charge in [0, 0.05) is 43.9 Å². The van der Waals surface area contributed by atoms with Crippen molar-refractivity contribution in [2.24, 2.45) is 23.5 Å². The summed E-state index contributed by atoms with van der Waals surface area (Å²) in [6.07, 6.45) is 0.623. The van der Waals surface area contributed by atoms with E-state index >= 15 is 0 Å². The molecule has 1 heterocycles. The van der Waals surface area contributed by atoms with Gasteiger partial charge in [0.2, 0.25) is 0 Å². The lowest BCUT2D eigenvalue weighted by Crippen LogP contribution is -2.55. The molecule has 0 spiro atoms. The number of hydrogen-bond donors (Lipinski definition) is 4. The van der Waals surface area contributed by atoms with Crippen LogP contribution in [0.25, 0.3) is 5.76 Å². The second-order valence-corrected chi connectivity index (χ2v) is 12.1. The number of allylic oxidation sites excluding steroid dienone is 1. The number of aromatic hydroxyl groups is 1. The van der Waals surface area contributed by atoms with Crippen LogP contribution in [-0.4, -0.2) is 95.8 Å². The number of Topliss-reactive ketones (excluding diaryl/α,β-unsaturated/α-hetero) is 2.